The lowest BCUT2D eigenvalue weighted by Gasteiger charge is -2.33. The van der Waals surface area contributed by atoms with Gasteiger partial charge in [0.1, 0.15) is 6.04 Å². The van der Waals surface area contributed by atoms with Gasteiger partial charge in [0.15, 0.2) is 0 Å². The summed E-state index contributed by atoms with van der Waals surface area (Å²) in [6.07, 6.45) is 4.09. The van der Waals surface area contributed by atoms with Crippen LogP contribution in [0, 0.1) is 5.92 Å². The minimum absolute atomic E-state index is 0.105. The molecule has 0 saturated carbocycles. The van der Waals surface area contributed by atoms with Crippen molar-refractivity contribution in [3.63, 3.8) is 0 Å². The second-order valence-corrected chi connectivity index (χ2v) is 8.78. The first-order valence-electron chi connectivity index (χ1n) is 10.7. The molecule has 3 heterocycles. The van der Waals surface area contributed by atoms with Crippen molar-refractivity contribution >= 4 is 17.7 Å². The largest absolute Gasteiger partial charge is 0.328 e. The molecule has 0 radical (unpaired) electrons. The minimum Gasteiger partial charge on any atom is -0.328 e. The molecule has 0 aromatic heterocycles. The standard InChI is InChI=1S/C22H30N4O3/c1-14(23)11-15-7-9-25(10-8-15)12-16-3-2-4-17-18(16)13-26(22(17)29)19-5-6-20(27)24-21(19)28/h2-4,14-15,19H,5-13,23H2,1H3,(H,24,27,28). The Labute approximate surface area is 171 Å². The van der Waals surface area contributed by atoms with Crippen molar-refractivity contribution in [2.75, 3.05) is 13.1 Å². The number of carbonyl (C=O) groups excluding carboxylic acids is 3. The number of nitrogens with one attached hydrogen (secondary N) is 1. The molecule has 156 valence electrons. The molecule has 3 aliphatic rings. The van der Waals surface area contributed by atoms with Gasteiger partial charge < -0.3 is 10.6 Å². The number of likely N-dealkylation sites (tertiary alicyclic amines) is 1. The van der Waals surface area contributed by atoms with E-state index in [0.29, 0.717) is 24.4 Å². The zero-order chi connectivity index (χ0) is 20.5. The number of hydrogen-bond acceptors (Lipinski definition) is 5. The van der Waals surface area contributed by atoms with Crippen LogP contribution in [0.5, 0.6) is 0 Å². The Morgan fingerprint density at radius 1 is 1.17 bits per heavy atom. The van der Waals surface area contributed by atoms with E-state index in [1.807, 2.05) is 12.1 Å². The Morgan fingerprint density at radius 2 is 1.93 bits per heavy atom. The number of carbonyl (C=O) groups is 3. The summed E-state index contributed by atoms with van der Waals surface area (Å²) in [6.45, 7) is 5.44. The van der Waals surface area contributed by atoms with E-state index >= 15 is 0 Å². The van der Waals surface area contributed by atoms with E-state index in [1.54, 1.807) is 4.90 Å². The van der Waals surface area contributed by atoms with E-state index in [1.165, 1.54) is 0 Å². The normalized spacial score (nSPS) is 24.6. The number of nitrogens with zero attached hydrogens (tertiary/aromatic N) is 2. The van der Waals surface area contributed by atoms with Crippen LogP contribution < -0.4 is 11.1 Å². The second-order valence-electron chi connectivity index (χ2n) is 8.78. The van der Waals surface area contributed by atoms with Crippen LogP contribution in [-0.2, 0) is 22.7 Å². The summed E-state index contributed by atoms with van der Waals surface area (Å²) >= 11 is 0. The maximum atomic E-state index is 12.9. The highest BCUT2D eigenvalue weighted by atomic mass is 16.2. The molecule has 3 N–H and O–H groups in total. The van der Waals surface area contributed by atoms with Gasteiger partial charge in [-0.3, -0.25) is 24.6 Å². The fourth-order valence-corrected chi connectivity index (χ4v) is 4.94. The van der Waals surface area contributed by atoms with E-state index < -0.39 is 6.04 Å². The molecular formula is C22H30N4O3. The molecule has 3 amide bonds. The Bertz CT molecular complexity index is 814. The monoisotopic (exact) mass is 398 g/mol. The second kappa shape index (κ2) is 8.24. The SMILES string of the molecule is CC(N)CC1CCN(Cc2cccc3c2CN(C2CCC(=O)NC2=O)C3=O)CC1. The third-order valence-corrected chi connectivity index (χ3v) is 6.49. The van der Waals surface area contributed by atoms with E-state index in [2.05, 4.69) is 23.2 Å². The van der Waals surface area contributed by atoms with Gasteiger partial charge in [-0.05, 0) is 68.8 Å². The third kappa shape index (κ3) is 4.21. The van der Waals surface area contributed by atoms with Gasteiger partial charge in [0.25, 0.3) is 5.91 Å². The number of imide groups is 1. The zero-order valence-electron chi connectivity index (χ0n) is 17.0. The van der Waals surface area contributed by atoms with Crippen LogP contribution in [0.2, 0.25) is 0 Å². The van der Waals surface area contributed by atoms with Gasteiger partial charge in [-0.2, -0.15) is 0 Å². The summed E-state index contributed by atoms with van der Waals surface area (Å²) in [4.78, 5) is 40.7. The van der Waals surface area contributed by atoms with Crippen molar-refractivity contribution in [1.82, 2.24) is 15.1 Å². The van der Waals surface area contributed by atoms with E-state index in [4.69, 9.17) is 5.73 Å². The Morgan fingerprint density at radius 3 is 2.62 bits per heavy atom. The number of hydrogen-bond donors (Lipinski definition) is 2. The van der Waals surface area contributed by atoms with Gasteiger partial charge in [-0.15, -0.1) is 0 Å². The highest BCUT2D eigenvalue weighted by Crippen LogP contribution is 2.31. The molecule has 0 spiro atoms. The number of rotatable bonds is 5. The molecule has 29 heavy (non-hydrogen) atoms. The van der Waals surface area contributed by atoms with Gasteiger partial charge in [-0.25, -0.2) is 0 Å². The molecule has 2 atom stereocenters. The zero-order valence-corrected chi connectivity index (χ0v) is 17.0. The first kappa shape index (κ1) is 20.0. The summed E-state index contributed by atoms with van der Waals surface area (Å²) < 4.78 is 0. The summed E-state index contributed by atoms with van der Waals surface area (Å²) in [5, 5.41) is 2.36. The summed E-state index contributed by atoms with van der Waals surface area (Å²) in [7, 11) is 0. The fourth-order valence-electron chi connectivity index (χ4n) is 4.94. The van der Waals surface area contributed by atoms with Gasteiger partial charge in [-0.1, -0.05) is 12.1 Å². The molecule has 2 fully saturated rings. The summed E-state index contributed by atoms with van der Waals surface area (Å²) in [5.41, 5.74) is 8.84. The number of fused-ring (bicyclic) bond motifs is 1. The number of amides is 3. The van der Waals surface area contributed by atoms with Crippen LogP contribution in [-0.4, -0.2) is 52.7 Å². The topological polar surface area (TPSA) is 95.7 Å². The average Bonchev–Trinajstić information content (AvgIpc) is 3.01. The highest BCUT2D eigenvalue weighted by Gasteiger charge is 2.39. The van der Waals surface area contributed by atoms with Crippen molar-refractivity contribution in [3.8, 4) is 0 Å². The van der Waals surface area contributed by atoms with Gasteiger partial charge in [0.05, 0.1) is 0 Å². The highest BCUT2D eigenvalue weighted by molar-refractivity contribution is 6.05. The van der Waals surface area contributed by atoms with Gasteiger partial charge in [0, 0.05) is 31.1 Å². The molecule has 4 rings (SSSR count). The van der Waals surface area contributed by atoms with Crippen molar-refractivity contribution < 1.29 is 14.4 Å². The minimum atomic E-state index is -0.561. The van der Waals surface area contributed by atoms with Gasteiger partial charge >= 0.3 is 0 Å². The Hall–Kier alpha value is -2.25. The van der Waals surface area contributed by atoms with Crippen LogP contribution in [0.3, 0.4) is 0 Å². The summed E-state index contributed by atoms with van der Waals surface area (Å²) in [6, 6.07) is 5.57. The smallest absolute Gasteiger partial charge is 0.255 e. The lowest BCUT2D eigenvalue weighted by molar-refractivity contribution is -0.136. The Kier molecular flexibility index (Phi) is 5.69. The van der Waals surface area contributed by atoms with Crippen molar-refractivity contribution in [3.05, 3.63) is 34.9 Å². The molecule has 7 heteroatoms. The first-order valence-corrected chi connectivity index (χ1v) is 10.7. The first-order chi connectivity index (χ1) is 13.9. The number of piperidine rings is 2. The van der Waals surface area contributed by atoms with Crippen LogP contribution in [0.15, 0.2) is 18.2 Å². The molecule has 2 unspecified atom stereocenters. The molecule has 0 aliphatic carbocycles. The molecule has 1 aromatic carbocycles. The Balaban J connectivity index is 1.44. The number of nitrogens with two attached hydrogens (primary N) is 1. The van der Waals surface area contributed by atoms with Crippen molar-refractivity contribution in [2.45, 2.75) is 64.2 Å². The molecule has 0 bridgehead atoms. The van der Waals surface area contributed by atoms with Crippen LogP contribution in [0.1, 0.15) is 60.5 Å². The maximum absolute atomic E-state index is 12.9. The van der Waals surface area contributed by atoms with E-state index in [9.17, 15) is 14.4 Å². The molecular weight excluding hydrogens is 368 g/mol. The van der Waals surface area contributed by atoms with Crippen molar-refractivity contribution in [1.29, 1.82) is 0 Å². The average molecular weight is 399 g/mol. The molecule has 3 aliphatic heterocycles. The van der Waals surface area contributed by atoms with Crippen LogP contribution >= 0.6 is 0 Å². The van der Waals surface area contributed by atoms with E-state index in [-0.39, 0.29) is 30.2 Å². The predicted molar refractivity (Wildman–Crippen MR) is 109 cm³/mol. The number of benzene rings is 1. The lowest BCUT2D eigenvalue weighted by atomic mass is 9.90. The fraction of sp³-hybridized carbons (Fsp3) is 0.591. The summed E-state index contributed by atoms with van der Waals surface area (Å²) in [5.74, 6) is -0.0204. The molecule has 2 saturated heterocycles. The van der Waals surface area contributed by atoms with E-state index in [0.717, 1.165) is 50.0 Å². The lowest BCUT2D eigenvalue weighted by Crippen LogP contribution is -2.52. The molecule has 7 nitrogen and oxygen atoms in total. The van der Waals surface area contributed by atoms with Crippen LogP contribution in [0.25, 0.3) is 0 Å². The van der Waals surface area contributed by atoms with Crippen LogP contribution in [0.4, 0.5) is 0 Å². The predicted octanol–water partition coefficient (Wildman–Crippen LogP) is 1.40. The van der Waals surface area contributed by atoms with Gasteiger partial charge in [0.2, 0.25) is 11.8 Å². The van der Waals surface area contributed by atoms with Crippen molar-refractivity contribution in [2.24, 2.45) is 11.7 Å². The third-order valence-electron chi connectivity index (χ3n) is 6.49. The molecule has 1 aromatic rings. The quantitative estimate of drug-likeness (QED) is 0.731. The maximum Gasteiger partial charge on any atom is 0.255 e.